The second-order valence-electron chi connectivity index (χ2n) is 2.53. The molecule has 0 fully saturated rings. The van der Waals surface area contributed by atoms with E-state index in [0.717, 1.165) is 16.9 Å². The predicted molar refractivity (Wildman–Crippen MR) is 46.0 cm³/mol. The Hall–Kier alpha value is -0.950. The minimum Gasteiger partial charge on any atom is -0.488 e. The molecule has 0 unspecified atom stereocenters. The lowest BCUT2D eigenvalue weighted by Crippen LogP contribution is -1.84. The normalized spacial score (nSPS) is 14.5. The van der Waals surface area contributed by atoms with Gasteiger partial charge >= 0.3 is 0 Å². The molecule has 2 rings (SSSR count). The minimum absolute atomic E-state index is 0.593. The summed E-state index contributed by atoms with van der Waals surface area (Å²) in [5, 5.41) is 0.707. The van der Waals surface area contributed by atoms with E-state index < -0.39 is 0 Å². The molecular weight excluding hydrogens is 160 g/mol. The summed E-state index contributed by atoms with van der Waals surface area (Å²) in [5.41, 5.74) is 2.10. The van der Waals surface area contributed by atoms with Gasteiger partial charge in [0.05, 0.1) is 0 Å². The molecule has 1 aliphatic rings. The fourth-order valence-corrected chi connectivity index (χ4v) is 1.31. The van der Waals surface area contributed by atoms with Crippen LogP contribution < -0.4 is 4.74 Å². The maximum atomic E-state index is 5.76. The van der Waals surface area contributed by atoms with Crippen LogP contribution in [0, 0.1) is 0 Å². The molecule has 1 aliphatic heterocycles. The lowest BCUT2D eigenvalue weighted by atomic mass is 10.1. The highest BCUT2D eigenvalue weighted by molar-refractivity contribution is 6.30. The first kappa shape index (κ1) is 6.74. The molecule has 1 aromatic carbocycles. The fraction of sp³-hybridized carbons (Fsp3) is 0.111. The Balaban J connectivity index is 2.59. The Morgan fingerprint density at radius 1 is 1.45 bits per heavy atom. The summed E-state index contributed by atoms with van der Waals surface area (Å²) >= 11 is 5.76. The van der Waals surface area contributed by atoms with Gasteiger partial charge in [0.1, 0.15) is 12.4 Å². The lowest BCUT2D eigenvalue weighted by molar-refractivity contribution is 0.388. The van der Waals surface area contributed by atoms with Gasteiger partial charge in [0.15, 0.2) is 0 Å². The molecule has 0 spiro atoms. The van der Waals surface area contributed by atoms with Crippen LogP contribution in [0.25, 0.3) is 5.57 Å². The first-order valence-corrected chi connectivity index (χ1v) is 3.75. The molecule has 0 radical (unpaired) electrons. The Kier molecular flexibility index (Phi) is 1.40. The van der Waals surface area contributed by atoms with Crippen molar-refractivity contribution < 1.29 is 4.74 Å². The molecule has 0 saturated heterocycles. The second kappa shape index (κ2) is 2.28. The van der Waals surface area contributed by atoms with E-state index in [-0.39, 0.29) is 0 Å². The van der Waals surface area contributed by atoms with Gasteiger partial charge in [-0.05, 0) is 23.8 Å². The zero-order valence-corrected chi connectivity index (χ0v) is 6.69. The van der Waals surface area contributed by atoms with Crippen molar-refractivity contribution in [2.75, 3.05) is 6.61 Å². The van der Waals surface area contributed by atoms with Crippen LogP contribution in [-0.4, -0.2) is 6.61 Å². The molecule has 0 N–H and O–H groups in total. The maximum absolute atomic E-state index is 5.76. The van der Waals surface area contributed by atoms with E-state index in [0.29, 0.717) is 11.6 Å². The summed E-state index contributed by atoms with van der Waals surface area (Å²) in [6.45, 7) is 4.45. The van der Waals surface area contributed by atoms with E-state index in [2.05, 4.69) is 6.58 Å². The van der Waals surface area contributed by atoms with Gasteiger partial charge < -0.3 is 4.74 Å². The van der Waals surface area contributed by atoms with Crippen molar-refractivity contribution in [2.45, 2.75) is 0 Å². The third-order valence-corrected chi connectivity index (χ3v) is 1.96. The van der Waals surface area contributed by atoms with Gasteiger partial charge in [0.25, 0.3) is 0 Å². The Bertz CT molecular complexity index is 317. The minimum atomic E-state index is 0.593. The number of benzene rings is 1. The van der Waals surface area contributed by atoms with E-state index in [9.17, 15) is 0 Å². The average Bonchev–Trinajstić information content (AvgIpc) is 2.32. The van der Waals surface area contributed by atoms with Crippen molar-refractivity contribution >= 4 is 17.2 Å². The first-order valence-electron chi connectivity index (χ1n) is 3.38. The highest BCUT2D eigenvalue weighted by atomic mass is 35.5. The van der Waals surface area contributed by atoms with E-state index in [1.807, 2.05) is 18.2 Å². The van der Waals surface area contributed by atoms with Crippen molar-refractivity contribution in [3.63, 3.8) is 0 Å². The highest BCUT2D eigenvalue weighted by Crippen LogP contribution is 2.33. The van der Waals surface area contributed by atoms with Crippen molar-refractivity contribution in [1.29, 1.82) is 0 Å². The largest absolute Gasteiger partial charge is 0.488 e. The van der Waals surface area contributed by atoms with E-state index in [1.54, 1.807) is 0 Å². The third-order valence-electron chi connectivity index (χ3n) is 1.73. The molecule has 2 heteroatoms. The molecule has 11 heavy (non-hydrogen) atoms. The molecule has 1 aromatic rings. The molecular formula is C9H7ClO. The lowest BCUT2D eigenvalue weighted by Gasteiger charge is -1.96. The van der Waals surface area contributed by atoms with Gasteiger partial charge in [-0.3, -0.25) is 0 Å². The van der Waals surface area contributed by atoms with Crippen molar-refractivity contribution in [3.8, 4) is 5.75 Å². The zero-order valence-electron chi connectivity index (χ0n) is 5.93. The molecule has 0 saturated carbocycles. The van der Waals surface area contributed by atoms with Crippen molar-refractivity contribution in [3.05, 3.63) is 35.4 Å². The van der Waals surface area contributed by atoms with Gasteiger partial charge in [0, 0.05) is 10.6 Å². The number of ether oxygens (including phenoxy) is 1. The number of halogens is 1. The smallest absolute Gasteiger partial charge is 0.128 e. The molecule has 0 atom stereocenters. The van der Waals surface area contributed by atoms with Crippen molar-refractivity contribution in [1.82, 2.24) is 0 Å². The van der Waals surface area contributed by atoms with Crippen molar-refractivity contribution in [2.24, 2.45) is 0 Å². The van der Waals surface area contributed by atoms with Gasteiger partial charge in [-0.25, -0.2) is 0 Å². The topological polar surface area (TPSA) is 9.23 Å². The Morgan fingerprint density at radius 3 is 3.09 bits per heavy atom. The molecule has 1 heterocycles. The first-order chi connectivity index (χ1) is 5.27. The van der Waals surface area contributed by atoms with Crippen LogP contribution in [0.15, 0.2) is 24.8 Å². The van der Waals surface area contributed by atoms with Crippen LogP contribution >= 0.6 is 11.6 Å². The SMILES string of the molecule is C=C1COc2cc(Cl)ccc21. The second-order valence-corrected chi connectivity index (χ2v) is 2.97. The van der Waals surface area contributed by atoms with Crippen LogP contribution in [0.5, 0.6) is 5.75 Å². The monoisotopic (exact) mass is 166 g/mol. The van der Waals surface area contributed by atoms with Crippen LogP contribution in [0.4, 0.5) is 0 Å². The summed E-state index contributed by atoms with van der Waals surface area (Å²) in [7, 11) is 0. The summed E-state index contributed by atoms with van der Waals surface area (Å²) in [6, 6.07) is 5.60. The van der Waals surface area contributed by atoms with E-state index >= 15 is 0 Å². The van der Waals surface area contributed by atoms with Crippen LogP contribution in [0.3, 0.4) is 0 Å². The molecule has 0 aromatic heterocycles. The molecule has 0 bridgehead atoms. The number of rotatable bonds is 0. The van der Waals surface area contributed by atoms with Gasteiger partial charge in [-0.2, -0.15) is 0 Å². The average molecular weight is 167 g/mol. The van der Waals surface area contributed by atoms with Crippen LogP contribution in [0.2, 0.25) is 5.02 Å². The summed E-state index contributed by atoms with van der Waals surface area (Å²) in [6.07, 6.45) is 0. The number of fused-ring (bicyclic) bond motifs is 1. The third kappa shape index (κ3) is 1.02. The molecule has 56 valence electrons. The standard InChI is InChI=1S/C9H7ClO/c1-6-5-11-9-4-7(10)2-3-8(6)9/h2-4H,1,5H2. The summed E-state index contributed by atoms with van der Waals surface area (Å²) in [5.74, 6) is 0.850. The number of hydrogen-bond donors (Lipinski definition) is 0. The summed E-state index contributed by atoms with van der Waals surface area (Å²) in [4.78, 5) is 0. The highest BCUT2D eigenvalue weighted by Gasteiger charge is 2.14. The van der Waals surface area contributed by atoms with E-state index in [4.69, 9.17) is 16.3 Å². The quantitative estimate of drug-likeness (QED) is 0.576. The summed E-state index contributed by atoms with van der Waals surface area (Å²) < 4.78 is 5.31. The Morgan fingerprint density at radius 2 is 2.27 bits per heavy atom. The number of hydrogen-bond acceptors (Lipinski definition) is 1. The van der Waals surface area contributed by atoms with Gasteiger partial charge in [-0.1, -0.05) is 18.2 Å². The van der Waals surface area contributed by atoms with E-state index in [1.165, 1.54) is 0 Å². The predicted octanol–water partition coefficient (Wildman–Crippen LogP) is 2.75. The molecule has 1 nitrogen and oxygen atoms in total. The maximum Gasteiger partial charge on any atom is 0.128 e. The van der Waals surface area contributed by atoms with Crippen LogP contribution in [0.1, 0.15) is 5.56 Å². The fourth-order valence-electron chi connectivity index (χ4n) is 1.15. The molecule has 0 amide bonds. The zero-order chi connectivity index (χ0) is 7.84. The van der Waals surface area contributed by atoms with Crippen LogP contribution in [-0.2, 0) is 0 Å². The van der Waals surface area contributed by atoms with Gasteiger partial charge in [0.2, 0.25) is 0 Å². The Labute approximate surface area is 70.2 Å². The van der Waals surface area contributed by atoms with Gasteiger partial charge in [-0.15, -0.1) is 0 Å². The molecule has 0 aliphatic carbocycles.